The number of aliphatic hydroxyl groups is 2. The zero-order valence-electron chi connectivity index (χ0n) is 52.9. The number of aromatic hydroxyl groups is 1. The molecule has 5 bridgehead atoms. The number of fused-ring (bicyclic) bond motifs is 11. The lowest BCUT2D eigenvalue weighted by atomic mass is 9.52. The third kappa shape index (κ3) is 14.2. The largest absolute Gasteiger partial charge is 0.504 e. The van der Waals surface area contributed by atoms with Crippen molar-refractivity contribution in [2.75, 3.05) is 39.9 Å². The number of carbonyl (C=O) groups is 2. The Morgan fingerprint density at radius 2 is 1.74 bits per heavy atom. The van der Waals surface area contributed by atoms with Crippen LogP contribution in [0.25, 0.3) is 5.57 Å². The van der Waals surface area contributed by atoms with E-state index in [1.54, 1.807) is 12.1 Å². The standard InChI is InChI=1S/C75H100N8O6/c1-48(85)44-81-69-43-73(42-65-62-22-28-78-45-57(62)32-55-16-10-26-79-71(55)65)39-52-19-20-68(73)75(69)25-21-53(41-75)40-74(23-6-7-24-74)83-72(77)80-27-9-15-54(30-51-14-8-13-50(29-51)18-17-49-11-4-3-5-12-49)64-38-70(76)82-46-58(64)33-56-35-66(88)67(89-2)37-63(56)59(47-84)34-61(87)36-60(86)31-52/h3-5,8,10-14,16,29,34-35,37-38,46,48,52-55,57,62,65,68-71,78-79,81-82,84-85,88H,6-7,15,17-26,28,30-33,36,39-45,47,76H2,1-2H3,(H3,77,80,83). The Labute approximate surface area is 529 Å². The third-order valence-electron chi connectivity index (χ3n) is 23.3. The number of phenols is 1. The van der Waals surface area contributed by atoms with Gasteiger partial charge in [0, 0.05) is 55.8 Å². The van der Waals surface area contributed by atoms with Crippen molar-refractivity contribution in [3.05, 3.63) is 136 Å². The number of hydrogen-bond donors (Lipinski definition) is 10. The molecule has 13 rings (SSSR count). The molecule has 10 aliphatic rings. The van der Waals surface area contributed by atoms with E-state index in [2.05, 4.69) is 105 Å². The van der Waals surface area contributed by atoms with Crippen LogP contribution in [0.5, 0.6) is 11.5 Å². The normalized spacial score (nSPS) is 33.3. The Kier molecular flexibility index (Phi) is 19.7. The topological polar surface area (TPSA) is 229 Å². The number of methoxy groups -OCH3 is 1. The number of guanidine groups is 1. The second kappa shape index (κ2) is 27.8. The number of ketones is 2. The van der Waals surface area contributed by atoms with Gasteiger partial charge in [-0.15, -0.1) is 0 Å². The van der Waals surface area contributed by atoms with Gasteiger partial charge in [-0.05, 0) is 256 Å². The van der Waals surface area contributed by atoms with Crippen molar-refractivity contribution in [2.24, 2.45) is 74.6 Å². The van der Waals surface area contributed by atoms with Gasteiger partial charge in [0.2, 0.25) is 5.96 Å². The SMILES string of the molecule is COc1cc2c(cc1O)CC1=CNC(N)C=C1C(Cc1cccc(CCc3ccccc3)c1)CC#CN=C(N)NC1(CCCC1)CC1CCC3(C1)C(NCC(C)O)CC1(CC4C5CCNCC5CC5C=CCNC54)CC(CCC13)CC(=O)CC(=O)C=C2CO. The Morgan fingerprint density at radius 1 is 0.921 bits per heavy atom. The van der Waals surface area contributed by atoms with E-state index in [1.165, 1.54) is 42.7 Å². The van der Waals surface area contributed by atoms with Gasteiger partial charge in [0.1, 0.15) is 5.78 Å². The lowest BCUT2D eigenvalue weighted by molar-refractivity contribution is -0.126. The number of aliphatic hydroxyl groups excluding tert-OH is 2. The van der Waals surface area contributed by atoms with E-state index in [4.69, 9.17) is 21.2 Å². The predicted octanol–water partition coefficient (Wildman–Crippen LogP) is 9.26. The van der Waals surface area contributed by atoms with E-state index in [-0.39, 0.29) is 63.7 Å². The van der Waals surface area contributed by atoms with Gasteiger partial charge in [-0.1, -0.05) is 85.5 Å². The Morgan fingerprint density at radius 3 is 2.56 bits per heavy atom. The van der Waals surface area contributed by atoms with Crippen LogP contribution in [-0.2, 0) is 35.3 Å². The molecule has 2 spiro atoms. The van der Waals surface area contributed by atoms with Crippen LogP contribution in [0.1, 0.15) is 150 Å². The number of piperidine rings is 1. The summed E-state index contributed by atoms with van der Waals surface area (Å²) in [6.07, 6.45) is 28.9. The average molecular weight is 1210 g/mol. The van der Waals surface area contributed by atoms with E-state index < -0.39 is 18.9 Å². The number of nitrogens with one attached hydrogen (secondary N) is 5. The number of aryl methyl sites for hydroxylation is 2. The number of nitrogens with zero attached hydrogens (tertiary/aromatic N) is 1. The van der Waals surface area contributed by atoms with Crippen molar-refractivity contribution in [3.63, 3.8) is 0 Å². The summed E-state index contributed by atoms with van der Waals surface area (Å²) in [4.78, 5) is 34.0. The molecule has 14 heteroatoms. The van der Waals surface area contributed by atoms with Gasteiger partial charge in [-0.25, -0.2) is 0 Å². The second-order valence-electron chi connectivity index (χ2n) is 29.0. The van der Waals surface area contributed by atoms with Crippen LogP contribution >= 0.6 is 0 Å². The van der Waals surface area contributed by atoms with E-state index in [1.807, 2.05) is 19.2 Å². The molecule has 5 heterocycles. The van der Waals surface area contributed by atoms with Crippen LogP contribution < -0.4 is 42.8 Å². The number of nitrogens with two attached hydrogens (primary N) is 2. The molecule has 476 valence electrons. The summed E-state index contributed by atoms with van der Waals surface area (Å²) < 4.78 is 5.67. The summed E-state index contributed by atoms with van der Waals surface area (Å²) in [5.41, 5.74) is 20.7. The summed E-state index contributed by atoms with van der Waals surface area (Å²) in [6, 6.07) is 26.5. The maximum Gasteiger partial charge on any atom is 0.202 e. The van der Waals surface area contributed by atoms with Gasteiger partial charge in [0.05, 0.1) is 32.4 Å². The number of rotatable bonds is 12. The highest BCUT2D eigenvalue weighted by atomic mass is 16.5. The van der Waals surface area contributed by atoms with Crippen molar-refractivity contribution < 1.29 is 29.6 Å². The van der Waals surface area contributed by atoms with Crippen molar-refractivity contribution >= 4 is 23.1 Å². The minimum Gasteiger partial charge on any atom is -0.504 e. The predicted molar refractivity (Wildman–Crippen MR) is 353 cm³/mol. The van der Waals surface area contributed by atoms with Crippen LogP contribution in [0.3, 0.4) is 0 Å². The third-order valence-corrected chi connectivity index (χ3v) is 23.3. The van der Waals surface area contributed by atoms with Gasteiger partial charge in [-0.2, -0.15) is 4.99 Å². The van der Waals surface area contributed by atoms with Crippen LogP contribution in [0.4, 0.5) is 0 Å². The molecular weight excluding hydrogens is 1110 g/mol. The first-order chi connectivity index (χ1) is 43.2. The molecule has 0 amide bonds. The van der Waals surface area contributed by atoms with E-state index in [9.17, 15) is 24.9 Å². The second-order valence-corrected chi connectivity index (χ2v) is 29.0. The Bertz CT molecular complexity index is 3240. The molecule has 5 aliphatic heterocycles. The lowest BCUT2D eigenvalue weighted by Gasteiger charge is -2.55. The smallest absolute Gasteiger partial charge is 0.202 e. The number of carbonyl (C=O) groups excluding carboxylic acids is 2. The fourth-order valence-corrected chi connectivity index (χ4v) is 19.8. The summed E-state index contributed by atoms with van der Waals surface area (Å²) in [5, 5.41) is 52.8. The number of phenolic OH excluding ortho intramolecular Hbond substituents is 1. The molecule has 14 nitrogen and oxygen atoms in total. The van der Waals surface area contributed by atoms with E-state index in [0.717, 1.165) is 127 Å². The van der Waals surface area contributed by atoms with Gasteiger partial charge in [0.25, 0.3) is 0 Å². The van der Waals surface area contributed by atoms with Gasteiger partial charge >= 0.3 is 0 Å². The van der Waals surface area contributed by atoms with Crippen LogP contribution in [0.15, 0.2) is 113 Å². The maximum absolute atomic E-state index is 14.7. The minimum atomic E-state index is -0.478. The molecule has 5 aliphatic carbocycles. The van der Waals surface area contributed by atoms with E-state index >= 15 is 0 Å². The van der Waals surface area contributed by atoms with Gasteiger partial charge in [-0.3, -0.25) is 9.59 Å². The first-order valence-corrected chi connectivity index (χ1v) is 34.1. The fraction of sp³-hybridized carbons (Fsp3) is 0.587. The highest BCUT2D eigenvalue weighted by molar-refractivity contribution is 6.08. The molecule has 14 atom stereocenters. The first kappa shape index (κ1) is 63.1. The van der Waals surface area contributed by atoms with Crippen molar-refractivity contribution in [3.8, 4) is 23.5 Å². The molecule has 6 fully saturated rings. The van der Waals surface area contributed by atoms with Crippen LogP contribution in [0, 0.1) is 70.1 Å². The van der Waals surface area contributed by atoms with Crippen molar-refractivity contribution in [1.82, 2.24) is 26.6 Å². The Hall–Kier alpha value is -6.05. The molecule has 3 aromatic carbocycles. The number of ether oxygens (including phenoxy) is 1. The highest BCUT2D eigenvalue weighted by Gasteiger charge is 2.66. The first-order valence-electron chi connectivity index (χ1n) is 34.1. The molecule has 14 unspecified atom stereocenters. The zero-order valence-corrected chi connectivity index (χ0v) is 52.9. The van der Waals surface area contributed by atoms with Gasteiger partial charge in [0.15, 0.2) is 17.3 Å². The molecule has 1 saturated heterocycles. The quantitative estimate of drug-likeness (QED) is 0.0464. The Balaban J connectivity index is 0.907. The summed E-state index contributed by atoms with van der Waals surface area (Å²) in [5.74, 6) is 6.74. The number of dihydropyridines is 1. The number of benzene rings is 3. The average Bonchev–Trinajstić information content (AvgIpc) is 1.59. The van der Waals surface area contributed by atoms with E-state index in [0.29, 0.717) is 96.4 Å². The summed E-state index contributed by atoms with van der Waals surface area (Å²) >= 11 is 0. The molecular formula is C75H100N8O6. The van der Waals surface area contributed by atoms with Crippen molar-refractivity contribution in [2.45, 2.75) is 178 Å². The molecule has 3 aromatic rings. The van der Waals surface area contributed by atoms with Crippen LogP contribution in [-0.4, -0.2) is 103 Å². The molecule has 0 aromatic heterocycles. The molecule has 0 radical (unpaired) electrons. The number of hydrogen-bond acceptors (Lipinski definition) is 14. The number of allylic oxidation sites excluding steroid dienone is 3. The fourth-order valence-electron chi connectivity index (χ4n) is 19.8. The molecule has 5 saturated carbocycles. The summed E-state index contributed by atoms with van der Waals surface area (Å²) in [7, 11) is 1.48. The number of Topliss-reactive ketones (excluding diaryl/α,β-unsaturated/α-hetero) is 1. The summed E-state index contributed by atoms with van der Waals surface area (Å²) in [6.45, 7) is 5.00. The monoisotopic (exact) mass is 1210 g/mol. The molecule has 12 N–H and O–H groups in total. The maximum atomic E-state index is 14.7. The van der Waals surface area contributed by atoms with Crippen LogP contribution in [0.2, 0.25) is 0 Å². The number of aliphatic imine (C=N–C) groups is 1. The minimum absolute atomic E-state index is 0.0285. The highest BCUT2D eigenvalue weighted by Crippen LogP contribution is 2.71. The van der Waals surface area contributed by atoms with Crippen molar-refractivity contribution in [1.29, 1.82) is 0 Å². The zero-order chi connectivity index (χ0) is 61.7. The lowest BCUT2D eigenvalue weighted by Crippen LogP contribution is -2.57. The van der Waals surface area contributed by atoms with Gasteiger partial charge < -0.3 is 58.1 Å². The molecule has 89 heavy (non-hydrogen) atoms.